The second-order valence-electron chi connectivity index (χ2n) is 13.7. The van der Waals surface area contributed by atoms with Gasteiger partial charge < -0.3 is 4.42 Å². The molecule has 0 spiro atoms. The van der Waals surface area contributed by atoms with Gasteiger partial charge in [0.05, 0.1) is 0 Å². The quantitative estimate of drug-likeness (QED) is 0.166. The van der Waals surface area contributed by atoms with E-state index in [-0.39, 0.29) is 0 Å². The fourth-order valence-electron chi connectivity index (χ4n) is 7.30. The van der Waals surface area contributed by atoms with Crippen molar-refractivity contribution in [1.82, 2.24) is 15.0 Å². The van der Waals surface area contributed by atoms with Crippen LogP contribution in [0.25, 0.3) is 101 Å². The zero-order valence-corrected chi connectivity index (χ0v) is 29.8. The number of benzene rings is 8. The van der Waals surface area contributed by atoms with Gasteiger partial charge in [-0.15, -0.1) is 0 Å². The van der Waals surface area contributed by atoms with Crippen molar-refractivity contribution in [3.05, 3.63) is 200 Å². The monoisotopic (exact) mass is 703 g/mol. The van der Waals surface area contributed by atoms with Gasteiger partial charge in [0.1, 0.15) is 11.2 Å². The number of hydrogen-bond acceptors (Lipinski definition) is 4. The topological polar surface area (TPSA) is 51.8 Å². The van der Waals surface area contributed by atoms with Crippen molar-refractivity contribution >= 4 is 21.9 Å². The molecular weight excluding hydrogens is 671 g/mol. The van der Waals surface area contributed by atoms with E-state index < -0.39 is 0 Å². The predicted molar refractivity (Wildman–Crippen MR) is 225 cm³/mol. The summed E-state index contributed by atoms with van der Waals surface area (Å²) in [6.07, 6.45) is 0. The molecule has 0 saturated heterocycles. The van der Waals surface area contributed by atoms with E-state index in [1.54, 1.807) is 0 Å². The number of nitrogens with zero attached hydrogens (tertiary/aromatic N) is 3. The molecule has 0 unspecified atom stereocenters. The molecule has 10 aromatic rings. The van der Waals surface area contributed by atoms with E-state index >= 15 is 0 Å². The summed E-state index contributed by atoms with van der Waals surface area (Å²) < 4.78 is 6.23. The van der Waals surface area contributed by atoms with E-state index in [0.717, 1.165) is 72.0 Å². The lowest BCUT2D eigenvalue weighted by molar-refractivity contribution is 0.669. The van der Waals surface area contributed by atoms with E-state index in [9.17, 15) is 0 Å². The van der Waals surface area contributed by atoms with E-state index in [1.165, 1.54) is 11.1 Å². The Morgan fingerprint density at radius 3 is 1.20 bits per heavy atom. The van der Waals surface area contributed by atoms with E-state index in [1.807, 2.05) is 30.3 Å². The highest BCUT2D eigenvalue weighted by molar-refractivity contribution is 6.05. The SMILES string of the molecule is c1ccc(-c2ccc(-c3nc(-c4cccc(-c5cccc(-c6ccccc6)c5)c4)nc(-c4cccc(-c5ccc6c(c5)oc5ccccc56)c4)n3)cc2)cc1. The number of rotatable bonds is 7. The average molecular weight is 704 g/mol. The van der Waals surface area contributed by atoms with Gasteiger partial charge >= 0.3 is 0 Å². The van der Waals surface area contributed by atoms with Crippen molar-refractivity contribution < 1.29 is 4.42 Å². The molecule has 4 heteroatoms. The van der Waals surface area contributed by atoms with Crippen molar-refractivity contribution in [2.24, 2.45) is 0 Å². The Kier molecular flexibility index (Phi) is 8.12. The van der Waals surface area contributed by atoms with E-state index in [0.29, 0.717) is 17.5 Å². The molecule has 2 aromatic heterocycles. The van der Waals surface area contributed by atoms with E-state index in [2.05, 4.69) is 170 Å². The Morgan fingerprint density at radius 2 is 0.600 bits per heavy atom. The van der Waals surface area contributed by atoms with Crippen LogP contribution in [0.5, 0.6) is 0 Å². The number of hydrogen-bond donors (Lipinski definition) is 0. The van der Waals surface area contributed by atoms with Gasteiger partial charge in [0.2, 0.25) is 0 Å². The van der Waals surface area contributed by atoms with Crippen LogP contribution in [0.4, 0.5) is 0 Å². The molecular formula is C51H33N3O. The number of fused-ring (bicyclic) bond motifs is 3. The third-order valence-corrected chi connectivity index (χ3v) is 10.1. The molecule has 0 saturated carbocycles. The standard InChI is InChI=1S/C51H33N3O/c1-3-12-34(13-4-1)36-24-26-37(27-25-36)49-52-50(43-20-10-18-40(31-43)39-17-9-16-38(30-39)35-14-5-2-6-15-35)54-51(53-49)44-21-11-19-41(32-44)42-28-29-46-45-22-7-8-23-47(45)55-48(46)33-42/h1-33H. The lowest BCUT2D eigenvalue weighted by atomic mass is 9.98. The van der Waals surface area contributed by atoms with Crippen molar-refractivity contribution in [2.75, 3.05) is 0 Å². The van der Waals surface area contributed by atoms with Crippen LogP contribution >= 0.6 is 0 Å². The Bertz CT molecular complexity index is 2970. The molecule has 2 heterocycles. The summed E-state index contributed by atoms with van der Waals surface area (Å²) in [6, 6.07) is 69.4. The lowest BCUT2D eigenvalue weighted by Gasteiger charge is -2.11. The summed E-state index contributed by atoms with van der Waals surface area (Å²) in [5.74, 6) is 1.84. The van der Waals surface area contributed by atoms with Crippen LogP contribution < -0.4 is 0 Å². The van der Waals surface area contributed by atoms with Crippen molar-refractivity contribution in [3.63, 3.8) is 0 Å². The van der Waals surface area contributed by atoms with Gasteiger partial charge in [-0.1, -0.05) is 164 Å². The van der Waals surface area contributed by atoms with Gasteiger partial charge in [-0.2, -0.15) is 0 Å². The Hall–Kier alpha value is -7.43. The molecule has 0 N–H and O–H groups in total. The maximum atomic E-state index is 6.23. The highest BCUT2D eigenvalue weighted by Gasteiger charge is 2.15. The molecule has 55 heavy (non-hydrogen) atoms. The van der Waals surface area contributed by atoms with Crippen molar-refractivity contribution in [2.45, 2.75) is 0 Å². The molecule has 0 atom stereocenters. The molecule has 0 fully saturated rings. The van der Waals surface area contributed by atoms with Crippen molar-refractivity contribution in [3.8, 4) is 78.7 Å². The van der Waals surface area contributed by atoms with Crippen LogP contribution in [0, 0.1) is 0 Å². The third-order valence-electron chi connectivity index (χ3n) is 10.1. The maximum Gasteiger partial charge on any atom is 0.164 e. The van der Waals surface area contributed by atoms with Gasteiger partial charge in [-0.05, 0) is 80.9 Å². The molecule has 0 aliphatic carbocycles. The first-order valence-corrected chi connectivity index (χ1v) is 18.4. The second-order valence-corrected chi connectivity index (χ2v) is 13.7. The summed E-state index contributed by atoms with van der Waals surface area (Å²) in [6.45, 7) is 0. The summed E-state index contributed by atoms with van der Waals surface area (Å²) in [5.41, 5.74) is 13.5. The van der Waals surface area contributed by atoms with Crippen molar-refractivity contribution in [1.29, 1.82) is 0 Å². The minimum atomic E-state index is 0.607. The average Bonchev–Trinajstić information content (AvgIpc) is 3.65. The molecule has 0 aliphatic heterocycles. The first kappa shape index (κ1) is 32.2. The maximum absolute atomic E-state index is 6.23. The first-order valence-electron chi connectivity index (χ1n) is 18.4. The molecule has 0 aliphatic rings. The fourth-order valence-corrected chi connectivity index (χ4v) is 7.30. The number of para-hydroxylation sites is 1. The second kappa shape index (κ2) is 13.8. The Morgan fingerprint density at radius 1 is 0.236 bits per heavy atom. The highest BCUT2D eigenvalue weighted by Crippen LogP contribution is 2.35. The Balaban J connectivity index is 1.07. The van der Waals surface area contributed by atoms with Crippen LogP contribution in [-0.4, -0.2) is 15.0 Å². The first-order chi connectivity index (χ1) is 27.2. The molecule has 4 nitrogen and oxygen atoms in total. The van der Waals surface area contributed by atoms with Gasteiger partial charge in [0.25, 0.3) is 0 Å². The van der Waals surface area contributed by atoms with Crippen LogP contribution in [0.1, 0.15) is 0 Å². The van der Waals surface area contributed by atoms with Gasteiger partial charge in [0.15, 0.2) is 17.5 Å². The minimum Gasteiger partial charge on any atom is -0.456 e. The van der Waals surface area contributed by atoms with Crippen LogP contribution in [0.15, 0.2) is 205 Å². The van der Waals surface area contributed by atoms with Gasteiger partial charge in [-0.3, -0.25) is 0 Å². The molecule has 0 amide bonds. The number of aromatic nitrogens is 3. The van der Waals surface area contributed by atoms with Crippen LogP contribution in [0.3, 0.4) is 0 Å². The lowest BCUT2D eigenvalue weighted by Crippen LogP contribution is -2.00. The van der Waals surface area contributed by atoms with Crippen LogP contribution in [0.2, 0.25) is 0 Å². The fraction of sp³-hybridized carbons (Fsp3) is 0. The third kappa shape index (κ3) is 6.36. The smallest absolute Gasteiger partial charge is 0.164 e. The summed E-state index contributed by atoms with van der Waals surface area (Å²) in [4.78, 5) is 15.3. The summed E-state index contributed by atoms with van der Waals surface area (Å²) in [7, 11) is 0. The normalized spacial score (nSPS) is 11.3. The Labute approximate surface area is 319 Å². The zero-order chi connectivity index (χ0) is 36.6. The zero-order valence-electron chi connectivity index (χ0n) is 29.8. The highest BCUT2D eigenvalue weighted by atomic mass is 16.3. The minimum absolute atomic E-state index is 0.607. The summed E-state index contributed by atoms with van der Waals surface area (Å²) in [5, 5.41) is 2.22. The molecule has 10 rings (SSSR count). The molecule has 258 valence electrons. The van der Waals surface area contributed by atoms with E-state index in [4.69, 9.17) is 19.4 Å². The molecule has 0 bridgehead atoms. The van der Waals surface area contributed by atoms with Gasteiger partial charge in [-0.25, -0.2) is 15.0 Å². The largest absolute Gasteiger partial charge is 0.456 e. The number of furan rings is 1. The molecule has 0 radical (unpaired) electrons. The summed E-state index contributed by atoms with van der Waals surface area (Å²) >= 11 is 0. The predicted octanol–water partition coefficient (Wildman–Crippen LogP) is 13.4. The van der Waals surface area contributed by atoms with Crippen LogP contribution in [-0.2, 0) is 0 Å². The van der Waals surface area contributed by atoms with Gasteiger partial charge in [0, 0.05) is 27.5 Å². The molecule has 8 aromatic carbocycles.